The molecule has 5 nitrogen and oxygen atoms in total. The third-order valence-electron chi connectivity index (χ3n) is 2.67. The second-order valence-electron chi connectivity index (χ2n) is 4.29. The zero-order chi connectivity index (χ0) is 16.6. The molecule has 5 heteroatoms. The van der Waals surface area contributed by atoms with Crippen LogP contribution in [0.5, 0.6) is 0 Å². The van der Waals surface area contributed by atoms with Gasteiger partial charge in [-0.05, 0) is 51.9 Å². The highest BCUT2D eigenvalue weighted by molar-refractivity contribution is 5.44. The zero-order valence-corrected chi connectivity index (χ0v) is 14.1. The molecule has 1 aromatic carbocycles. The Kier molecular flexibility index (Phi) is 12.7. The molecule has 22 heavy (non-hydrogen) atoms. The third kappa shape index (κ3) is 8.32. The normalized spacial score (nSPS) is 9.09. The van der Waals surface area contributed by atoms with Gasteiger partial charge in [0.05, 0.1) is 17.6 Å². The van der Waals surface area contributed by atoms with Gasteiger partial charge in [-0.1, -0.05) is 37.3 Å². The van der Waals surface area contributed by atoms with Crippen molar-refractivity contribution in [2.24, 2.45) is 0 Å². The third-order valence-corrected chi connectivity index (χ3v) is 2.67. The Hall–Kier alpha value is -2.01. The summed E-state index contributed by atoms with van der Waals surface area (Å²) in [4.78, 5) is 8.81. The number of carbonyl (C=O) groups excluding carboxylic acids is 1. The number of hydrogen-bond acceptors (Lipinski definition) is 4. The largest absolute Gasteiger partial charge is 0.320 e. The van der Waals surface area contributed by atoms with Gasteiger partial charge in [0.1, 0.15) is 6.29 Å². The lowest BCUT2D eigenvalue weighted by molar-refractivity contribution is -0.106. The van der Waals surface area contributed by atoms with E-state index in [0.717, 1.165) is 37.1 Å². The smallest absolute Gasteiger partial charge is 0.116 e. The summed E-state index contributed by atoms with van der Waals surface area (Å²) in [6.45, 7) is 6.51. The van der Waals surface area contributed by atoms with Gasteiger partial charge in [0, 0.05) is 0 Å². The predicted molar refractivity (Wildman–Crippen MR) is 91.3 cm³/mol. The predicted octanol–water partition coefficient (Wildman–Crippen LogP) is 3.04. The Balaban J connectivity index is 0.000000789. The summed E-state index contributed by atoms with van der Waals surface area (Å²) in [5, 5.41) is 11.5. The first-order valence-corrected chi connectivity index (χ1v) is 7.82. The molecule has 1 aromatic heterocycles. The molecule has 0 aliphatic carbocycles. The van der Waals surface area contributed by atoms with Crippen LogP contribution in [0.15, 0.2) is 36.5 Å². The molecule has 0 aliphatic rings. The van der Waals surface area contributed by atoms with Crippen LogP contribution in [0.25, 0.3) is 5.69 Å². The molecule has 1 heterocycles. The molecule has 0 unspecified atom stereocenters. The van der Waals surface area contributed by atoms with Gasteiger partial charge < -0.3 is 10.1 Å². The van der Waals surface area contributed by atoms with Crippen LogP contribution in [0.1, 0.15) is 39.3 Å². The van der Waals surface area contributed by atoms with Crippen molar-refractivity contribution in [3.63, 3.8) is 0 Å². The van der Waals surface area contributed by atoms with Gasteiger partial charge in [-0.25, -0.2) is 4.68 Å². The number of carbonyl (C=O) groups is 1. The number of aldehydes is 1. The number of para-hydroxylation sites is 1. The highest BCUT2D eigenvalue weighted by atomic mass is 16.1. The van der Waals surface area contributed by atoms with Crippen LogP contribution in [0.3, 0.4) is 0 Å². The molecule has 0 saturated carbocycles. The first-order valence-electron chi connectivity index (χ1n) is 7.82. The summed E-state index contributed by atoms with van der Waals surface area (Å²) in [5.74, 6) is 0. The van der Waals surface area contributed by atoms with Gasteiger partial charge in [-0.2, -0.15) is 0 Å². The van der Waals surface area contributed by atoms with E-state index in [1.54, 1.807) is 0 Å². The van der Waals surface area contributed by atoms with Gasteiger partial charge >= 0.3 is 0 Å². The van der Waals surface area contributed by atoms with E-state index in [-0.39, 0.29) is 0 Å². The van der Waals surface area contributed by atoms with E-state index in [4.69, 9.17) is 4.79 Å². The highest BCUT2D eigenvalue weighted by Crippen LogP contribution is 2.07. The van der Waals surface area contributed by atoms with Crippen LogP contribution in [0.2, 0.25) is 0 Å². The number of nitrogens with one attached hydrogen (secondary N) is 1. The molecule has 0 aliphatic heterocycles. The standard InChI is InChI=1S/C13H18N4.C2H4O.C2H6/c1-14-10-6-5-7-12-11-17(16-15-12)13-8-3-2-4-9-13;1-2-3;1-2/h2-4,8-9,11,14H,5-7,10H2,1H3;2H,1H3;1-2H3. The number of benzene rings is 1. The number of aryl methyl sites for hydroxylation is 1. The van der Waals surface area contributed by atoms with Crippen molar-refractivity contribution < 1.29 is 4.79 Å². The van der Waals surface area contributed by atoms with E-state index in [2.05, 4.69) is 15.6 Å². The summed E-state index contributed by atoms with van der Waals surface area (Å²) in [6, 6.07) is 10.1. The monoisotopic (exact) mass is 304 g/mol. The minimum absolute atomic E-state index is 0.750. The van der Waals surface area contributed by atoms with Crippen molar-refractivity contribution in [2.45, 2.75) is 40.0 Å². The van der Waals surface area contributed by atoms with E-state index < -0.39 is 0 Å². The van der Waals surface area contributed by atoms with Gasteiger partial charge in [-0.3, -0.25) is 0 Å². The van der Waals surface area contributed by atoms with E-state index >= 15 is 0 Å². The number of nitrogens with zero attached hydrogens (tertiary/aromatic N) is 3. The second kappa shape index (κ2) is 13.9. The van der Waals surface area contributed by atoms with Crippen LogP contribution in [-0.2, 0) is 11.2 Å². The van der Waals surface area contributed by atoms with Gasteiger partial charge in [0.2, 0.25) is 0 Å². The molecular weight excluding hydrogens is 276 g/mol. The molecule has 1 N–H and O–H groups in total. The first kappa shape index (κ1) is 20.0. The Morgan fingerprint density at radius 2 is 1.82 bits per heavy atom. The van der Waals surface area contributed by atoms with Crippen LogP contribution in [0.4, 0.5) is 0 Å². The SMILES string of the molecule is CC.CC=O.CNCCCCc1cn(-c2ccccc2)nn1. The van der Waals surface area contributed by atoms with Gasteiger partial charge in [-0.15, -0.1) is 5.10 Å². The fourth-order valence-corrected chi connectivity index (χ4v) is 1.73. The Morgan fingerprint density at radius 1 is 1.18 bits per heavy atom. The average Bonchev–Trinajstić information content (AvgIpc) is 3.04. The number of unbranched alkanes of at least 4 members (excludes halogenated alkanes) is 1. The highest BCUT2D eigenvalue weighted by Gasteiger charge is 2.01. The Morgan fingerprint density at radius 3 is 2.41 bits per heavy atom. The minimum atomic E-state index is 0.750. The van der Waals surface area contributed by atoms with E-state index in [0.29, 0.717) is 0 Å². The van der Waals surface area contributed by atoms with E-state index in [1.165, 1.54) is 13.3 Å². The fourth-order valence-electron chi connectivity index (χ4n) is 1.73. The molecule has 2 aromatic rings. The lowest BCUT2D eigenvalue weighted by atomic mass is 10.2. The molecule has 0 fully saturated rings. The fraction of sp³-hybridized carbons (Fsp3) is 0.471. The van der Waals surface area contributed by atoms with Crippen LogP contribution < -0.4 is 5.32 Å². The van der Waals surface area contributed by atoms with Gasteiger partial charge in [0.25, 0.3) is 0 Å². The summed E-state index contributed by atoms with van der Waals surface area (Å²) in [5.41, 5.74) is 2.12. The lowest BCUT2D eigenvalue weighted by Gasteiger charge is -1.98. The van der Waals surface area contributed by atoms with Crippen LogP contribution in [-0.4, -0.2) is 34.9 Å². The molecule has 122 valence electrons. The Bertz CT molecular complexity index is 482. The molecule has 0 bridgehead atoms. The molecular formula is C17H28N4O. The van der Waals surface area contributed by atoms with Gasteiger partial charge in [0.15, 0.2) is 0 Å². The maximum atomic E-state index is 8.81. The molecule has 2 rings (SSSR count). The van der Waals surface area contributed by atoms with Crippen molar-refractivity contribution in [3.8, 4) is 5.69 Å². The summed E-state index contributed by atoms with van der Waals surface area (Å²) in [6.07, 6.45) is 6.08. The molecule has 0 spiro atoms. The molecule has 0 radical (unpaired) electrons. The van der Waals surface area contributed by atoms with E-state index in [9.17, 15) is 0 Å². The van der Waals surface area contributed by atoms with Crippen molar-refractivity contribution >= 4 is 6.29 Å². The van der Waals surface area contributed by atoms with Crippen molar-refractivity contribution in [3.05, 3.63) is 42.2 Å². The number of hydrogen-bond donors (Lipinski definition) is 1. The average molecular weight is 304 g/mol. The summed E-state index contributed by atoms with van der Waals surface area (Å²) < 4.78 is 1.83. The number of rotatable bonds is 6. The summed E-state index contributed by atoms with van der Waals surface area (Å²) in [7, 11) is 1.98. The Labute approximate surface area is 133 Å². The molecule has 0 atom stereocenters. The molecule has 0 saturated heterocycles. The lowest BCUT2D eigenvalue weighted by Crippen LogP contribution is -2.07. The van der Waals surface area contributed by atoms with Crippen LogP contribution in [0, 0.1) is 0 Å². The zero-order valence-electron chi connectivity index (χ0n) is 14.1. The maximum absolute atomic E-state index is 8.81. The topological polar surface area (TPSA) is 59.8 Å². The van der Waals surface area contributed by atoms with Crippen molar-refractivity contribution in [2.75, 3.05) is 13.6 Å². The number of aromatic nitrogens is 3. The van der Waals surface area contributed by atoms with Crippen LogP contribution >= 0.6 is 0 Å². The summed E-state index contributed by atoms with van der Waals surface area (Å²) >= 11 is 0. The first-order chi connectivity index (χ1) is 10.8. The molecule has 0 amide bonds. The quantitative estimate of drug-likeness (QED) is 0.658. The minimum Gasteiger partial charge on any atom is -0.320 e. The van der Waals surface area contributed by atoms with E-state index in [1.807, 2.05) is 62.1 Å². The second-order valence-corrected chi connectivity index (χ2v) is 4.29. The van der Waals surface area contributed by atoms with Crippen molar-refractivity contribution in [1.29, 1.82) is 0 Å². The maximum Gasteiger partial charge on any atom is 0.116 e. The van der Waals surface area contributed by atoms with Crippen molar-refractivity contribution in [1.82, 2.24) is 20.3 Å².